The molecule has 0 fully saturated rings. The van der Waals surface area contributed by atoms with Crippen molar-refractivity contribution in [2.24, 2.45) is 5.73 Å². The van der Waals surface area contributed by atoms with E-state index in [2.05, 4.69) is 16.5 Å². The molecule has 0 amide bonds. The second-order valence-electron chi connectivity index (χ2n) is 5.41. The van der Waals surface area contributed by atoms with E-state index in [4.69, 9.17) is 10.5 Å². The molecule has 5 heteroatoms. The van der Waals surface area contributed by atoms with Gasteiger partial charge < -0.3 is 20.1 Å². The molecule has 1 atom stereocenters. The second kappa shape index (κ2) is 5.81. The van der Waals surface area contributed by atoms with Gasteiger partial charge in [0, 0.05) is 25.6 Å². The first kappa shape index (κ1) is 14.8. The highest BCUT2D eigenvalue weighted by molar-refractivity contribution is 5.77. The lowest BCUT2D eigenvalue weighted by molar-refractivity contribution is 0.0667. The van der Waals surface area contributed by atoms with E-state index >= 15 is 0 Å². The molecule has 1 heterocycles. The highest BCUT2D eigenvalue weighted by atomic mass is 16.5. The second-order valence-corrected chi connectivity index (χ2v) is 5.41. The predicted molar refractivity (Wildman–Crippen MR) is 80.0 cm³/mol. The molecule has 0 aliphatic carbocycles. The lowest BCUT2D eigenvalue weighted by Gasteiger charge is -2.21. The number of hydrogen-bond acceptors (Lipinski definition) is 4. The van der Waals surface area contributed by atoms with Gasteiger partial charge in [0.1, 0.15) is 11.6 Å². The van der Waals surface area contributed by atoms with Crippen LogP contribution in [-0.2, 0) is 13.0 Å². The number of imidazole rings is 1. The van der Waals surface area contributed by atoms with Gasteiger partial charge in [-0.1, -0.05) is 6.92 Å². The van der Waals surface area contributed by atoms with Crippen LogP contribution in [0, 0.1) is 0 Å². The molecule has 0 spiro atoms. The number of rotatable bonds is 6. The maximum absolute atomic E-state index is 10.2. The van der Waals surface area contributed by atoms with Gasteiger partial charge in [0.15, 0.2) is 0 Å². The molecule has 0 aliphatic rings. The summed E-state index contributed by atoms with van der Waals surface area (Å²) in [4.78, 5) is 4.64. The largest absolute Gasteiger partial charge is 0.497 e. The zero-order valence-corrected chi connectivity index (χ0v) is 12.4. The molecule has 1 aromatic carbocycles. The van der Waals surface area contributed by atoms with Crippen LogP contribution < -0.4 is 10.5 Å². The summed E-state index contributed by atoms with van der Waals surface area (Å²) in [6.45, 7) is 4.95. The Morgan fingerprint density at radius 1 is 1.45 bits per heavy atom. The van der Waals surface area contributed by atoms with Crippen molar-refractivity contribution in [2.75, 3.05) is 13.7 Å². The molecule has 20 heavy (non-hydrogen) atoms. The van der Waals surface area contributed by atoms with E-state index in [0.717, 1.165) is 35.6 Å². The number of nitrogens with zero attached hydrogens (tertiary/aromatic N) is 2. The summed E-state index contributed by atoms with van der Waals surface area (Å²) < 4.78 is 7.39. The van der Waals surface area contributed by atoms with E-state index in [9.17, 15) is 5.11 Å². The Bertz CT molecular complexity index is 590. The van der Waals surface area contributed by atoms with Crippen LogP contribution in [0.1, 0.15) is 26.1 Å². The molecular formula is C15H23N3O2. The average molecular weight is 277 g/mol. The lowest BCUT2D eigenvalue weighted by atomic mass is 10.0. The summed E-state index contributed by atoms with van der Waals surface area (Å²) in [6.07, 6.45) is 1.45. The van der Waals surface area contributed by atoms with Gasteiger partial charge in [0.05, 0.1) is 23.7 Å². The van der Waals surface area contributed by atoms with Gasteiger partial charge in [0.25, 0.3) is 0 Å². The molecule has 3 N–H and O–H groups in total. The summed E-state index contributed by atoms with van der Waals surface area (Å²) in [5.74, 6) is 1.65. The molecular weight excluding hydrogens is 254 g/mol. The van der Waals surface area contributed by atoms with E-state index in [0.29, 0.717) is 6.42 Å². The van der Waals surface area contributed by atoms with Gasteiger partial charge in [0.2, 0.25) is 0 Å². The first-order valence-electron chi connectivity index (χ1n) is 6.96. The maximum atomic E-state index is 10.2. The Kier molecular flexibility index (Phi) is 4.30. The van der Waals surface area contributed by atoms with Gasteiger partial charge in [-0.15, -0.1) is 0 Å². The van der Waals surface area contributed by atoms with Crippen molar-refractivity contribution in [3.63, 3.8) is 0 Å². The summed E-state index contributed by atoms with van der Waals surface area (Å²) in [5, 5.41) is 10.2. The number of methoxy groups -OCH3 is 1. The summed E-state index contributed by atoms with van der Waals surface area (Å²) >= 11 is 0. The van der Waals surface area contributed by atoms with E-state index in [-0.39, 0.29) is 6.54 Å². The molecule has 2 aromatic rings. The molecule has 0 bridgehead atoms. The highest BCUT2D eigenvalue weighted by Gasteiger charge is 2.23. The molecule has 0 aliphatic heterocycles. The highest BCUT2D eigenvalue weighted by Crippen LogP contribution is 2.24. The van der Waals surface area contributed by atoms with E-state index in [1.54, 1.807) is 14.0 Å². The molecule has 1 aromatic heterocycles. The van der Waals surface area contributed by atoms with E-state index in [1.807, 2.05) is 18.2 Å². The first-order chi connectivity index (χ1) is 9.50. The quantitative estimate of drug-likeness (QED) is 0.843. The SMILES string of the molecule is CCCn1c(CC(C)(O)CN)nc2cc(OC)ccc21. The van der Waals surface area contributed by atoms with Crippen molar-refractivity contribution >= 4 is 11.0 Å². The molecule has 2 rings (SSSR count). The number of aliphatic hydroxyl groups is 1. The first-order valence-corrected chi connectivity index (χ1v) is 6.96. The number of hydrogen-bond donors (Lipinski definition) is 2. The number of ether oxygens (including phenoxy) is 1. The van der Waals surface area contributed by atoms with Crippen LogP contribution in [0.15, 0.2) is 18.2 Å². The summed E-state index contributed by atoms with van der Waals surface area (Å²) in [6, 6.07) is 5.86. The number of aryl methyl sites for hydroxylation is 1. The Hall–Kier alpha value is -1.59. The fourth-order valence-electron chi connectivity index (χ4n) is 2.31. The van der Waals surface area contributed by atoms with E-state index < -0.39 is 5.60 Å². The number of benzene rings is 1. The van der Waals surface area contributed by atoms with Crippen molar-refractivity contribution in [1.29, 1.82) is 0 Å². The number of fused-ring (bicyclic) bond motifs is 1. The normalized spacial score (nSPS) is 14.4. The molecule has 1 unspecified atom stereocenters. The fraction of sp³-hybridized carbons (Fsp3) is 0.533. The molecule has 110 valence electrons. The third-order valence-corrected chi connectivity index (χ3v) is 3.46. The Labute approximate surface area is 119 Å². The van der Waals surface area contributed by atoms with Crippen LogP contribution in [-0.4, -0.2) is 33.9 Å². The molecule has 5 nitrogen and oxygen atoms in total. The minimum absolute atomic E-state index is 0.214. The Morgan fingerprint density at radius 3 is 2.80 bits per heavy atom. The van der Waals surface area contributed by atoms with Gasteiger partial charge in [-0.05, 0) is 25.5 Å². The van der Waals surface area contributed by atoms with Crippen LogP contribution in [0.25, 0.3) is 11.0 Å². The van der Waals surface area contributed by atoms with Crippen molar-refractivity contribution in [2.45, 2.75) is 38.8 Å². The summed E-state index contributed by atoms with van der Waals surface area (Å²) in [7, 11) is 1.64. The van der Waals surface area contributed by atoms with Gasteiger partial charge in [-0.25, -0.2) is 4.98 Å². The Morgan fingerprint density at radius 2 is 2.20 bits per heavy atom. The van der Waals surface area contributed by atoms with Gasteiger partial charge in [-0.2, -0.15) is 0 Å². The zero-order valence-electron chi connectivity index (χ0n) is 12.4. The average Bonchev–Trinajstić information content (AvgIpc) is 2.75. The molecule has 0 saturated carbocycles. The third-order valence-electron chi connectivity index (χ3n) is 3.46. The van der Waals surface area contributed by atoms with Crippen LogP contribution >= 0.6 is 0 Å². The van der Waals surface area contributed by atoms with Gasteiger partial charge >= 0.3 is 0 Å². The Balaban J connectivity index is 2.49. The molecule has 0 saturated heterocycles. The third kappa shape index (κ3) is 2.94. The standard InChI is InChI=1S/C15H23N3O2/c1-4-7-18-13-6-5-11(20-3)8-12(13)17-14(18)9-15(2,19)10-16/h5-6,8,19H,4,7,9-10,16H2,1-3H3. The minimum atomic E-state index is -0.934. The van der Waals surface area contributed by atoms with Crippen LogP contribution in [0.2, 0.25) is 0 Å². The molecule has 0 radical (unpaired) electrons. The zero-order chi connectivity index (χ0) is 14.8. The predicted octanol–water partition coefficient (Wildman–Crippen LogP) is 1.71. The van der Waals surface area contributed by atoms with Crippen LogP contribution in [0.5, 0.6) is 5.75 Å². The smallest absolute Gasteiger partial charge is 0.121 e. The topological polar surface area (TPSA) is 73.3 Å². The van der Waals surface area contributed by atoms with Crippen molar-refractivity contribution < 1.29 is 9.84 Å². The van der Waals surface area contributed by atoms with Crippen molar-refractivity contribution in [1.82, 2.24) is 9.55 Å². The lowest BCUT2D eigenvalue weighted by Crippen LogP contribution is -2.37. The summed E-state index contributed by atoms with van der Waals surface area (Å²) in [5.41, 5.74) is 6.63. The van der Waals surface area contributed by atoms with Crippen LogP contribution in [0.3, 0.4) is 0 Å². The van der Waals surface area contributed by atoms with Crippen molar-refractivity contribution in [3.05, 3.63) is 24.0 Å². The number of aromatic nitrogens is 2. The number of nitrogens with two attached hydrogens (primary N) is 1. The van der Waals surface area contributed by atoms with Gasteiger partial charge in [-0.3, -0.25) is 0 Å². The monoisotopic (exact) mass is 277 g/mol. The van der Waals surface area contributed by atoms with Crippen molar-refractivity contribution in [3.8, 4) is 5.75 Å². The fourth-order valence-corrected chi connectivity index (χ4v) is 2.31. The van der Waals surface area contributed by atoms with E-state index in [1.165, 1.54) is 0 Å². The maximum Gasteiger partial charge on any atom is 0.121 e. The van der Waals surface area contributed by atoms with Crippen LogP contribution in [0.4, 0.5) is 0 Å². The minimum Gasteiger partial charge on any atom is -0.497 e.